The number of aromatic nitrogens is 4. The van der Waals surface area contributed by atoms with Gasteiger partial charge in [-0.2, -0.15) is 0 Å². The van der Waals surface area contributed by atoms with E-state index in [1.807, 2.05) is 11.5 Å². The third-order valence-corrected chi connectivity index (χ3v) is 6.70. The first kappa shape index (κ1) is 21.2. The van der Waals surface area contributed by atoms with Crippen LogP contribution in [0.15, 0.2) is 27.8 Å². The first-order valence-electron chi connectivity index (χ1n) is 10.6. The van der Waals surface area contributed by atoms with Crippen LogP contribution in [0.2, 0.25) is 10.0 Å². The zero-order chi connectivity index (χ0) is 21.4. The summed E-state index contributed by atoms with van der Waals surface area (Å²) in [7, 11) is 1.49. The maximum absolute atomic E-state index is 13.1. The van der Waals surface area contributed by atoms with Gasteiger partial charge in [0, 0.05) is 25.0 Å². The van der Waals surface area contributed by atoms with Gasteiger partial charge in [0.2, 0.25) is 0 Å². The van der Waals surface area contributed by atoms with Crippen LogP contribution in [0.1, 0.15) is 51.3 Å². The molecule has 0 N–H and O–H groups in total. The highest BCUT2D eigenvalue weighted by molar-refractivity contribution is 6.35. The summed E-state index contributed by atoms with van der Waals surface area (Å²) in [6.07, 6.45) is 8.10. The van der Waals surface area contributed by atoms with Crippen LogP contribution in [0.5, 0.6) is 0 Å². The third-order valence-electron chi connectivity index (χ3n) is 6.16. The lowest BCUT2D eigenvalue weighted by atomic mass is 9.82. The standard InChI is InChI=1S/C22H26Cl2N4O2/c1-3-18-25-20-19(27(18)12-5-4-7-14-8-6-9-14)21(29)26(2)22(30)28(20)17-11-10-15(23)13-16(17)24/h10-11,13-14H,3-9,12H2,1-2H3. The second kappa shape index (κ2) is 8.60. The van der Waals surface area contributed by atoms with Crippen LogP contribution in [0.3, 0.4) is 0 Å². The molecule has 3 aromatic rings. The lowest BCUT2D eigenvalue weighted by Crippen LogP contribution is -2.38. The Hall–Kier alpha value is -2.05. The van der Waals surface area contributed by atoms with Gasteiger partial charge in [-0.3, -0.25) is 9.36 Å². The van der Waals surface area contributed by atoms with E-state index in [1.54, 1.807) is 18.2 Å². The van der Waals surface area contributed by atoms with Crippen LogP contribution in [-0.2, 0) is 20.0 Å². The summed E-state index contributed by atoms with van der Waals surface area (Å²) >= 11 is 12.4. The number of benzene rings is 1. The predicted molar refractivity (Wildman–Crippen MR) is 121 cm³/mol. The Kier molecular flexibility index (Phi) is 6.07. The van der Waals surface area contributed by atoms with Crippen LogP contribution < -0.4 is 11.2 Å². The summed E-state index contributed by atoms with van der Waals surface area (Å²) < 4.78 is 4.52. The summed E-state index contributed by atoms with van der Waals surface area (Å²) in [4.78, 5) is 30.8. The van der Waals surface area contributed by atoms with Gasteiger partial charge in [-0.25, -0.2) is 14.3 Å². The van der Waals surface area contributed by atoms with Crippen molar-refractivity contribution in [3.8, 4) is 5.69 Å². The molecule has 0 saturated heterocycles. The van der Waals surface area contributed by atoms with Crippen LogP contribution >= 0.6 is 23.2 Å². The van der Waals surface area contributed by atoms with E-state index in [9.17, 15) is 9.59 Å². The zero-order valence-electron chi connectivity index (χ0n) is 17.3. The minimum absolute atomic E-state index is 0.331. The maximum atomic E-state index is 13.1. The lowest BCUT2D eigenvalue weighted by Gasteiger charge is -2.25. The largest absolute Gasteiger partial charge is 0.337 e. The normalized spacial score (nSPS) is 14.4. The maximum Gasteiger partial charge on any atom is 0.337 e. The topological polar surface area (TPSA) is 61.8 Å². The molecule has 4 rings (SSSR count). The van der Waals surface area contributed by atoms with Gasteiger partial charge < -0.3 is 4.57 Å². The lowest BCUT2D eigenvalue weighted by molar-refractivity contribution is 0.285. The molecule has 0 atom stereocenters. The molecule has 1 saturated carbocycles. The Bertz CT molecular complexity index is 1200. The van der Waals surface area contributed by atoms with Crippen molar-refractivity contribution in [3.63, 3.8) is 0 Å². The average molecular weight is 449 g/mol. The second-order valence-electron chi connectivity index (χ2n) is 8.08. The second-order valence-corrected chi connectivity index (χ2v) is 8.92. The van der Waals surface area contributed by atoms with Gasteiger partial charge in [-0.1, -0.05) is 62.2 Å². The number of rotatable bonds is 7. The Labute approximate surface area is 185 Å². The summed E-state index contributed by atoms with van der Waals surface area (Å²) in [6, 6.07) is 4.93. The molecule has 1 aromatic carbocycles. The van der Waals surface area contributed by atoms with E-state index in [0.29, 0.717) is 39.9 Å². The van der Waals surface area contributed by atoms with Crippen molar-refractivity contribution >= 4 is 34.4 Å². The molecule has 0 aliphatic heterocycles. The molecule has 2 aromatic heterocycles. The van der Waals surface area contributed by atoms with Crippen molar-refractivity contribution in [2.75, 3.05) is 0 Å². The van der Waals surface area contributed by atoms with Gasteiger partial charge in [-0.15, -0.1) is 0 Å². The first-order valence-corrected chi connectivity index (χ1v) is 11.3. The van der Waals surface area contributed by atoms with Gasteiger partial charge in [0.1, 0.15) is 5.82 Å². The van der Waals surface area contributed by atoms with Crippen LogP contribution in [0.4, 0.5) is 0 Å². The van der Waals surface area contributed by atoms with Crippen molar-refractivity contribution in [2.45, 2.75) is 58.4 Å². The zero-order valence-corrected chi connectivity index (χ0v) is 18.8. The monoisotopic (exact) mass is 448 g/mol. The smallest absolute Gasteiger partial charge is 0.322 e. The van der Waals surface area contributed by atoms with Gasteiger partial charge in [0.25, 0.3) is 5.56 Å². The molecular weight excluding hydrogens is 423 g/mol. The Morgan fingerprint density at radius 3 is 2.57 bits per heavy atom. The van der Waals surface area contributed by atoms with Crippen LogP contribution in [0.25, 0.3) is 16.9 Å². The van der Waals surface area contributed by atoms with E-state index in [4.69, 9.17) is 28.2 Å². The number of hydrogen-bond donors (Lipinski definition) is 0. The van der Waals surface area contributed by atoms with Crippen molar-refractivity contribution in [1.29, 1.82) is 0 Å². The average Bonchev–Trinajstić information content (AvgIpc) is 3.04. The molecule has 8 heteroatoms. The molecule has 0 unspecified atom stereocenters. The number of imidazole rings is 1. The SMILES string of the molecule is CCc1nc2c(c(=O)n(C)c(=O)n2-c2ccc(Cl)cc2Cl)n1CCCCC1CCC1. The number of unbranched alkanes of at least 4 members (excludes halogenated alkanes) is 1. The van der Waals surface area contributed by atoms with E-state index in [0.717, 1.165) is 29.2 Å². The Balaban J connectivity index is 1.82. The third kappa shape index (κ3) is 3.71. The summed E-state index contributed by atoms with van der Waals surface area (Å²) in [5.41, 5.74) is 0.451. The fourth-order valence-corrected chi connectivity index (χ4v) is 4.71. The molecule has 160 valence electrons. The van der Waals surface area contributed by atoms with Gasteiger partial charge in [0.15, 0.2) is 11.2 Å². The highest BCUT2D eigenvalue weighted by Gasteiger charge is 2.22. The predicted octanol–water partition coefficient (Wildman–Crippen LogP) is 4.73. The molecule has 0 bridgehead atoms. The summed E-state index contributed by atoms with van der Waals surface area (Å²) in [5, 5.41) is 0.807. The molecular formula is C22H26Cl2N4O2. The molecule has 1 aliphatic carbocycles. The first-order chi connectivity index (χ1) is 14.4. The van der Waals surface area contributed by atoms with E-state index in [2.05, 4.69) is 0 Å². The molecule has 6 nitrogen and oxygen atoms in total. The molecule has 0 amide bonds. The molecule has 1 aliphatic rings. The number of halogens is 2. The van der Waals surface area contributed by atoms with E-state index < -0.39 is 5.69 Å². The van der Waals surface area contributed by atoms with Gasteiger partial charge in [-0.05, 0) is 30.5 Å². The highest BCUT2D eigenvalue weighted by Crippen LogP contribution is 2.31. The fraction of sp³-hybridized carbons (Fsp3) is 0.500. The molecule has 0 spiro atoms. The number of nitrogens with zero attached hydrogens (tertiary/aromatic N) is 4. The fourth-order valence-electron chi connectivity index (χ4n) is 4.21. The molecule has 1 fully saturated rings. The quantitative estimate of drug-likeness (QED) is 0.490. The van der Waals surface area contributed by atoms with Gasteiger partial charge in [0.05, 0.1) is 10.7 Å². The molecule has 0 radical (unpaired) electrons. The van der Waals surface area contributed by atoms with Crippen molar-refractivity contribution in [1.82, 2.24) is 18.7 Å². The van der Waals surface area contributed by atoms with Crippen molar-refractivity contribution < 1.29 is 0 Å². The number of fused-ring (bicyclic) bond motifs is 1. The van der Waals surface area contributed by atoms with E-state index >= 15 is 0 Å². The minimum atomic E-state index is -0.478. The van der Waals surface area contributed by atoms with Crippen LogP contribution in [-0.4, -0.2) is 18.7 Å². The minimum Gasteiger partial charge on any atom is -0.322 e. The molecule has 2 heterocycles. The van der Waals surface area contributed by atoms with E-state index in [-0.39, 0.29) is 5.56 Å². The Morgan fingerprint density at radius 2 is 1.93 bits per heavy atom. The number of aryl methyl sites for hydroxylation is 2. The van der Waals surface area contributed by atoms with Crippen LogP contribution in [0, 0.1) is 5.92 Å². The summed E-state index contributed by atoms with van der Waals surface area (Å²) in [5.74, 6) is 1.68. The van der Waals surface area contributed by atoms with Gasteiger partial charge >= 0.3 is 5.69 Å². The Morgan fingerprint density at radius 1 is 1.17 bits per heavy atom. The number of hydrogen-bond acceptors (Lipinski definition) is 3. The molecule has 30 heavy (non-hydrogen) atoms. The summed E-state index contributed by atoms with van der Waals surface area (Å²) in [6.45, 7) is 2.72. The van der Waals surface area contributed by atoms with Crippen molar-refractivity contribution in [3.05, 3.63) is 54.9 Å². The van der Waals surface area contributed by atoms with Crippen molar-refractivity contribution in [2.24, 2.45) is 13.0 Å². The van der Waals surface area contributed by atoms with E-state index in [1.165, 1.54) is 37.3 Å². The highest BCUT2D eigenvalue weighted by atomic mass is 35.5.